The van der Waals surface area contributed by atoms with Crippen molar-refractivity contribution in [3.8, 4) is 0 Å². The third-order valence-electron chi connectivity index (χ3n) is 3.41. The summed E-state index contributed by atoms with van der Waals surface area (Å²) in [6.07, 6.45) is 0. The molecule has 0 aromatic carbocycles. The average molecular weight is 336 g/mol. The van der Waals surface area contributed by atoms with E-state index < -0.39 is 5.60 Å². The van der Waals surface area contributed by atoms with Crippen molar-refractivity contribution in [2.24, 2.45) is 0 Å². The van der Waals surface area contributed by atoms with Crippen molar-refractivity contribution in [1.82, 2.24) is 10.6 Å². The molecule has 1 atom stereocenters. The highest BCUT2D eigenvalue weighted by molar-refractivity contribution is 7.12. The van der Waals surface area contributed by atoms with Crippen LogP contribution in [0.4, 0.5) is 0 Å². The van der Waals surface area contributed by atoms with Gasteiger partial charge in [-0.1, -0.05) is 6.07 Å². The van der Waals surface area contributed by atoms with Gasteiger partial charge in [-0.15, -0.1) is 11.3 Å². The van der Waals surface area contributed by atoms with E-state index in [2.05, 4.69) is 10.6 Å². The average Bonchev–Trinajstić information content (AvgIpc) is 3.12. The first-order valence-electron chi connectivity index (χ1n) is 7.18. The first kappa shape index (κ1) is 17.2. The molecule has 0 unspecified atom stereocenters. The Labute approximate surface area is 138 Å². The number of aliphatic hydroxyl groups is 1. The Morgan fingerprint density at radius 3 is 2.65 bits per heavy atom. The van der Waals surface area contributed by atoms with Crippen molar-refractivity contribution in [2.45, 2.75) is 26.4 Å². The maximum absolute atomic E-state index is 11.8. The molecule has 0 saturated carbocycles. The van der Waals surface area contributed by atoms with E-state index >= 15 is 0 Å². The summed E-state index contributed by atoms with van der Waals surface area (Å²) in [4.78, 5) is 24.1. The number of amides is 2. The first-order valence-corrected chi connectivity index (χ1v) is 8.06. The summed E-state index contributed by atoms with van der Waals surface area (Å²) >= 11 is 1.31. The van der Waals surface area contributed by atoms with Gasteiger partial charge in [-0.05, 0) is 38.3 Å². The summed E-state index contributed by atoms with van der Waals surface area (Å²) in [5.41, 5.74) is -0.604. The second-order valence-electron chi connectivity index (χ2n) is 5.54. The molecule has 0 saturated heterocycles. The minimum Gasteiger partial charge on any atom is -0.466 e. The zero-order valence-corrected chi connectivity index (χ0v) is 14.1. The quantitative estimate of drug-likeness (QED) is 0.749. The van der Waals surface area contributed by atoms with Gasteiger partial charge in [0.15, 0.2) is 0 Å². The van der Waals surface area contributed by atoms with Crippen molar-refractivity contribution >= 4 is 23.2 Å². The fraction of sp³-hybridized carbons (Fsp3) is 0.375. The van der Waals surface area contributed by atoms with Crippen LogP contribution in [-0.2, 0) is 10.4 Å². The molecule has 0 fully saturated rings. The first-order chi connectivity index (χ1) is 10.8. The lowest BCUT2D eigenvalue weighted by atomic mass is 9.96. The summed E-state index contributed by atoms with van der Waals surface area (Å²) < 4.78 is 5.40. The van der Waals surface area contributed by atoms with Gasteiger partial charge in [0.2, 0.25) is 5.91 Å². The van der Waals surface area contributed by atoms with E-state index in [9.17, 15) is 14.7 Å². The summed E-state index contributed by atoms with van der Waals surface area (Å²) in [7, 11) is 0. The molecule has 124 valence electrons. The Balaban J connectivity index is 1.84. The zero-order chi connectivity index (χ0) is 17.0. The Morgan fingerprint density at radius 2 is 2.09 bits per heavy atom. The highest BCUT2D eigenvalue weighted by Gasteiger charge is 2.28. The molecule has 2 rings (SSSR count). The number of rotatable bonds is 6. The van der Waals surface area contributed by atoms with Gasteiger partial charge in [-0.3, -0.25) is 9.59 Å². The second-order valence-corrected chi connectivity index (χ2v) is 6.49. The van der Waals surface area contributed by atoms with Crippen LogP contribution in [0.15, 0.2) is 28.0 Å². The largest absolute Gasteiger partial charge is 0.466 e. The molecule has 0 bridgehead atoms. The molecule has 2 amide bonds. The van der Waals surface area contributed by atoms with Crippen molar-refractivity contribution in [1.29, 1.82) is 0 Å². The summed E-state index contributed by atoms with van der Waals surface area (Å²) in [6.45, 7) is 5.05. The van der Waals surface area contributed by atoms with Gasteiger partial charge >= 0.3 is 0 Å². The summed E-state index contributed by atoms with van der Waals surface area (Å²) in [6, 6.07) is 5.21. The number of thiophene rings is 1. The molecule has 23 heavy (non-hydrogen) atoms. The van der Waals surface area contributed by atoms with Gasteiger partial charge in [0.25, 0.3) is 5.91 Å². The molecule has 2 heterocycles. The smallest absolute Gasteiger partial charge is 0.261 e. The predicted molar refractivity (Wildman–Crippen MR) is 87.4 cm³/mol. The Bertz CT molecular complexity index is 689. The normalized spacial score (nSPS) is 13.4. The molecule has 3 N–H and O–H groups in total. The van der Waals surface area contributed by atoms with E-state index in [0.29, 0.717) is 22.0 Å². The van der Waals surface area contributed by atoms with Gasteiger partial charge in [0.1, 0.15) is 17.1 Å². The Hall–Kier alpha value is -2.12. The van der Waals surface area contributed by atoms with Crippen molar-refractivity contribution in [2.75, 3.05) is 13.1 Å². The Morgan fingerprint density at radius 1 is 1.35 bits per heavy atom. The molecule has 0 aliphatic rings. The van der Waals surface area contributed by atoms with Crippen LogP contribution in [-0.4, -0.2) is 30.0 Å². The lowest BCUT2D eigenvalue weighted by Gasteiger charge is -2.23. The van der Waals surface area contributed by atoms with E-state index in [1.165, 1.54) is 11.3 Å². The fourth-order valence-corrected chi connectivity index (χ4v) is 2.89. The van der Waals surface area contributed by atoms with E-state index in [1.807, 2.05) is 0 Å². The van der Waals surface area contributed by atoms with Crippen LogP contribution in [0.3, 0.4) is 0 Å². The van der Waals surface area contributed by atoms with Crippen LogP contribution >= 0.6 is 11.3 Å². The number of carbonyl (C=O) groups excluding carboxylic acids is 2. The predicted octanol–water partition coefficient (Wildman–Crippen LogP) is 1.71. The molecule has 0 aliphatic carbocycles. The van der Waals surface area contributed by atoms with E-state index in [0.717, 1.165) is 0 Å². The van der Waals surface area contributed by atoms with Gasteiger partial charge in [-0.2, -0.15) is 0 Å². The minimum absolute atomic E-state index is 0.0283. The molecule has 6 nitrogen and oxygen atoms in total. The third-order valence-corrected chi connectivity index (χ3v) is 4.27. The highest BCUT2D eigenvalue weighted by Crippen LogP contribution is 2.26. The SMILES string of the molecule is Cc1cc([C@](C)(O)CNC(=O)CNC(=O)c2cccs2)c(C)o1. The lowest BCUT2D eigenvalue weighted by molar-refractivity contribution is -0.121. The third kappa shape index (κ3) is 4.43. The van der Waals surface area contributed by atoms with E-state index in [1.54, 1.807) is 44.4 Å². The van der Waals surface area contributed by atoms with Crippen LogP contribution in [0.5, 0.6) is 0 Å². The number of carbonyl (C=O) groups is 2. The molecule has 2 aromatic heterocycles. The fourth-order valence-electron chi connectivity index (χ4n) is 2.25. The lowest BCUT2D eigenvalue weighted by Crippen LogP contribution is -2.43. The number of hydrogen-bond acceptors (Lipinski definition) is 5. The second kappa shape index (κ2) is 6.97. The Kier molecular flexibility index (Phi) is 5.23. The maximum atomic E-state index is 11.8. The van der Waals surface area contributed by atoms with Crippen molar-refractivity contribution in [3.05, 3.63) is 45.5 Å². The molecule has 2 aromatic rings. The standard InChI is InChI=1S/C16H20N2O4S/c1-10-7-12(11(2)22-10)16(3,21)9-18-14(19)8-17-15(20)13-5-4-6-23-13/h4-7,21H,8-9H2,1-3H3,(H,17,20)(H,18,19)/t16-/m1/s1. The molecule has 7 heteroatoms. The molecule has 0 radical (unpaired) electrons. The van der Waals surface area contributed by atoms with Gasteiger partial charge in [0.05, 0.1) is 18.0 Å². The topological polar surface area (TPSA) is 91.6 Å². The number of furan rings is 1. The van der Waals surface area contributed by atoms with Crippen LogP contribution in [0.2, 0.25) is 0 Å². The van der Waals surface area contributed by atoms with Gasteiger partial charge in [0, 0.05) is 5.56 Å². The molecular weight excluding hydrogens is 316 g/mol. The molecule has 0 spiro atoms. The monoisotopic (exact) mass is 336 g/mol. The molecule has 0 aliphatic heterocycles. The summed E-state index contributed by atoms with van der Waals surface area (Å²) in [5.74, 6) is 0.663. The van der Waals surface area contributed by atoms with Crippen molar-refractivity contribution in [3.63, 3.8) is 0 Å². The van der Waals surface area contributed by atoms with Crippen LogP contribution < -0.4 is 10.6 Å². The minimum atomic E-state index is -1.24. The van der Waals surface area contributed by atoms with Gasteiger partial charge in [-0.25, -0.2) is 0 Å². The van der Waals surface area contributed by atoms with Crippen LogP contribution in [0.25, 0.3) is 0 Å². The summed E-state index contributed by atoms with van der Waals surface area (Å²) in [5, 5.41) is 17.4. The number of hydrogen-bond donors (Lipinski definition) is 3. The highest BCUT2D eigenvalue weighted by atomic mass is 32.1. The van der Waals surface area contributed by atoms with Crippen molar-refractivity contribution < 1.29 is 19.1 Å². The van der Waals surface area contributed by atoms with E-state index in [4.69, 9.17) is 4.42 Å². The van der Waals surface area contributed by atoms with Crippen LogP contribution in [0.1, 0.15) is 33.7 Å². The maximum Gasteiger partial charge on any atom is 0.261 e. The van der Waals surface area contributed by atoms with E-state index in [-0.39, 0.29) is 24.9 Å². The number of aryl methyl sites for hydroxylation is 2. The van der Waals surface area contributed by atoms with Gasteiger partial charge < -0.3 is 20.2 Å². The molecular formula is C16H20N2O4S. The number of nitrogens with one attached hydrogen (secondary N) is 2. The zero-order valence-electron chi connectivity index (χ0n) is 13.3. The van der Waals surface area contributed by atoms with Crippen LogP contribution in [0, 0.1) is 13.8 Å².